The molecule has 1 heterocycles. The fourth-order valence-corrected chi connectivity index (χ4v) is 2.04. The van der Waals surface area contributed by atoms with E-state index in [0.29, 0.717) is 19.7 Å². The van der Waals surface area contributed by atoms with Gasteiger partial charge >= 0.3 is 6.09 Å². The van der Waals surface area contributed by atoms with E-state index in [9.17, 15) is 4.79 Å². The monoisotopic (exact) mass is 242 g/mol. The number of hydrogen-bond acceptors (Lipinski definition) is 4. The quantitative estimate of drug-likeness (QED) is 0.798. The van der Waals surface area contributed by atoms with Crippen LogP contribution in [-0.2, 0) is 9.47 Å². The number of amides is 1. The number of piperidine rings is 1. The van der Waals surface area contributed by atoms with E-state index in [4.69, 9.17) is 15.2 Å². The van der Waals surface area contributed by atoms with E-state index in [-0.39, 0.29) is 18.2 Å². The summed E-state index contributed by atoms with van der Waals surface area (Å²) in [5, 5.41) is 0. The lowest BCUT2D eigenvalue weighted by atomic mass is 10.0. The lowest BCUT2D eigenvalue weighted by molar-refractivity contribution is -0.0169. The minimum Gasteiger partial charge on any atom is -0.450 e. The zero-order valence-electron chi connectivity index (χ0n) is 10.4. The number of carbonyl (C=O) groups is 1. The Balaban J connectivity index is 1.79. The van der Waals surface area contributed by atoms with E-state index in [1.54, 1.807) is 4.90 Å². The molecule has 2 unspecified atom stereocenters. The Bertz CT molecular complexity index is 268. The highest BCUT2D eigenvalue weighted by molar-refractivity contribution is 5.67. The zero-order chi connectivity index (χ0) is 12.3. The SMILES string of the molecule is CCOC(=O)N1CCC(N)C(OCC2CC2)C1. The molecule has 1 aliphatic heterocycles. The summed E-state index contributed by atoms with van der Waals surface area (Å²) in [6, 6.07) is 0.0411. The van der Waals surface area contributed by atoms with E-state index in [0.717, 1.165) is 18.9 Å². The summed E-state index contributed by atoms with van der Waals surface area (Å²) in [7, 11) is 0. The van der Waals surface area contributed by atoms with Gasteiger partial charge in [0.25, 0.3) is 0 Å². The lowest BCUT2D eigenvalue weighted by Crippen LogP contribution is -2.53. The van der Waals surface area contributed by atoms with Gasteiger partial charge in [0, 0.05) is 19.2 Å². The molecule has 0 bridgehead atoms. The fourth-order valence-electron chi connectivity index (χ4n) is 2.04. The molecule has 98 valence electrons. The van der Waals surface area contributed by atoms with Crippen molar-refractivity contribution >= 4 is 6.09 Å². The molecule has 1 amide bonds. The molecule has 17 heavy (non-hydrogen) atoms. The molecule has 5 nitrogen and oxygen atoms in total. The van der Waals surface area contributed by atoms with Gasteiger partial charge in [-0.1, -0.05) is 0 Å². The fraction of sp³-hybridized carbons (Fsp3) is 0.917. The predicted octanol–water partition coefficient (Wildman–Crippen LogP) is 0.971. The van der Waals surface area contributed by atoms with Crippen LogP contribution in [0, 0.1) is 5.92 Å². The van der Waals surface area contributed by atoms with E-state index in [1.807, 2.05) is 6.92 Å². The van der Waals surface area contributed by atoms with Gasteiger partial charge in [0.1, 0.15) is 0 Å². The van der Waals surface area contributed by atoms with Crippen LogP contribution in [0.5, 0.6) is 0 Å². The van der Waals surface area contributed by atoms with Gasteiger partial charge in [-0.25, -0.2) is 4.79 Å². The first kappa shape index (κ1) is 12.6. The van der Waals surface area contributed by atoms with Crippen LogP contribution in [-0.4, -0.2) is 49.4 Å². The molecule has 1 saturated carbocycles. The van der Waals surface area contributed by atoms with Gasteiger partial charge in [-0.15, -0.1) is 0 Å². The Hall–Kier alpha value is -0.810. The zero-order valence-corrected chi connectivity index (χ0v) is 10.4. The van der Waals surface area contributed by atoms with Crippen molar-refractivity contribution in [3.05, 3.63) is 0 Å². The average Bonchev–Trinajstić information content (AvgIpc) is 3.12. The summed E-state index contributed by atoms with van der Waals surface area (Å²) in [6.45, 7) is 4.24. The van der Waals surface area contributed by atoms with Crippen molar-refractivity contribution in [2.45, 2.75) is 38.3 Å². The number of ether oxygens (including phenoxy) is 2. The Morgan fingerprint density at radius 2 is 2.18 bits per heavy atom. The van der Waals surface area contributed by atoms with Crippen molar-refractivity contribution in [2.24, 2.45) is 11.7 Å². The van der Waals surface area contributed by atoms with Crippen molar-refractivity contribution in [2.75, 3.05) is 26.3 Å². The first-order valence-corrected chi connectivity index (χ1v) is 6.49. The first-order valence-electron chi connectivity index (χ1n) is 6.49. The molecule has 0 aromatic rings. The number of hydrogen-bond donors (Lipinski definition) is 1. The molecule has 2 atom stereocenters. The molecule has 0 spiro atoms. The third-order valence-corrected chi connectivity index (χ3v) is 3.38. The molecule has 2 aliphatic rings. The summed E-state index contributed by atoms with van der Waals surface area (Å²) in [5.74, 6) is 0.722. The minimum absolute atomic E-state index is 0.0336. The number of nitrogens with two attached hydrogens (primary N) is 1. The molecule has 2 N–H and O–H groups in total. The molecule has 2 rings (SSSR count). The van der Waals surface area contributed by atoms with E-state index >= 15 is 0 Å². The molecule has 0 aromatic carbocycles. The van der Waals surface area contributed by atoms with E-state index in [2.05, 4.69) is 0 Å². The van der Waals surface area contributed by atoms with Crippen LogP contribution in [0.3, 0.4) is 0 Å². The smallest absolute Gasteiger partial charge is 0.409 e. The molecule has 5 heteroatoms. The van der Waals surface area contributed by atoms with Gasteiger partial charge in [-0.3, -0.25) is 0 Å². The van der Waals surface area contributed by atoms with Gasteiger partial charge in [-0.2, -0.15) is 0 Å². The van der Waals surface area contributed by atoms with Crippen molar-refractivity contribution < 1.29 is 14.3 Å². The van der Waals surface area contributed by atoms with Crippen LogP contribution >= 0.6 is 0 Å². The molecule has 0 aromatic heterocycles. The highest BCUT2D eigenvalue weighted by Gasteiger charge is 2.32. The first-order chi connectivity index (χ1) is 8.20. The second kappa shape index (κ2) is 5.69. The summed E-state index contributed by atoms with van der Waals surface area (Å²) in [4.78, 5) is 13.3. The molecule has 0 radical (unpaired) electrons. The van der Waals surface area contributed by atoms with Gasteiger partial charge < -0.3 is 20.1 Å². The van der Waals surface area contributed by atoms with Crippen LogP contribution in [0.2, 0.25) is 0 Å². The van der Waals surface area contributed by atoms with Gasteiger partial charge in [0.2, 0.25) is 0 Å². The second-order valence-corrected chi connectivity index (χ2v) is 4.91. The second-order valence-electron chi connectivity index (χ2n) is 4.91. The summed E-state index contributed by atoms with van der Waals surface area (Å²) in [5.41, 5.74) is 6.02. The maximum absolute atomic E-state index is 11.6. The van der Waals surface area contributed by atoms with E-state index < -0.39 is 0 Å². The molecular weight excluding hydrogens is 220 g/mol. The maximum Gasteiger partial charge on any atom is 0.409 e. The summed E-state index contributed by atoms with van der Waals surface area (Å²) in [6.07, 6.45) is 3.04. The molecule has 1 saturated heterocycles. The maximum atomic E-state index is 11.6. The van der Waals surface area contributed by atoms with Crippen LogP contribution in [0.4, 0.5) is 4.79 Å². The lowest BCUT2D eigenvalue weighted by Gasteiger charge is -2.36. The highest BCUT2D eigenvalue weighted by Crippen LogP contribution is 2.29. The van der Waals surface area contributed by atoms with Gasteiger partial charge in [-0.05, 0) is 32.1 Å². The number of likely N-dealkylation sites (tertiary alicyclic amines) is 1. The van der Waals surface area contributed by atoms with Gasteiger partial charge in [0.05, 0.1) is 19.3 Å². The Morgan fingerprint density at radius 3 is 2.82 bits per heavy atom. The topological polar surface area (TPSA) is 64.8 Å². The molecular formula is C12H22N2O3. The largest absolute Gasteiger partial charge is 0.450 e. The summed E-state index contributed by atoms with van der Waals surface area (Å²) >= 11 is 0. The Kier molecular flexibility index (Phi) is 4.23. The minimum atomic E-state index is -0.251. The molecule has 1 aliphatic carbocycles. The van der Waals surface area contributed by atoms with Crippen LogP contribution in [0.1, 0.15) is 26.2 Å². The van der Waals surface area contributed by atoms with E-state index in [1.165, 1.54) is 12.8 Å². The summed E-state index contributed by atoms with van der Waals surface area (Å²) < 4.78 is 10.8. The average molecular weight is 242 g/mol. The third kappa shape index (κ3) is 3.57. The van der Waals surface area contributed by atoms with Gasteiger partial charge in [0.15, 0.2) is 0 Å². The van der Waals surface area contributed by atoms with Crippen LogP contribution in [0.15, 0.2) is 0 Å². The highest BCUT2D eigenvalue weighted by atomic mass is 16.6. The number of carbonyl (C=O) groups excluding carboxylic acids is 1. The van der Waals surface area contributed by atoms with Crippen molar-refractivity contribution in [3.63, 3.8) is 0 Å². The number of nitrogens with zero attached hydrogens (tertiary/aromatic N) is 1. The van der Waals surface area contributed by atoms with Crippen molar-refractivity contribution in [1.82, 2.24) is 4.90 Å². The predicted molar refractivity (Wildman–Crippen MR) is 63.7 cm³/mol. The Labute approximate surface area is 102 Å². The van der Waals surface area contributed by atoms with Crippen molar-refractivity contribution in [1.29, 1.82) is 0 Å². The standard InChI is InChI=1S/C12H22N2O3/c1-2-16-12(15)14-6-5-10(13)11(7-14)17-8-9-3-4-9/h9-11H,2-8,13H2,1H3. The van der Waals surface area contributed by atoms with Crippen molar-refractivity contribution in [3.8, 4) is 0 Å². The van der Waals surface area contributed by atoms with Crippen LogP contribution < -0.4 is 5.73 Å². The third-order valence-electron chi connectivity index (χ3n) is 3.38. The molecule has 2 fully saturated rings. The van der Waals surface area contributed by atoms with Crippen LogP contribution in [0.25, 0.3) is 0 Å². The normalized spacial score (nSPS) is 29.2. The Morgan fingerprint density at radius 1 is 1.41 bits per heavy atom. The number of rotatable bonds is 4.